The molecule has 0 spiro atoms. The summed E-state index contributed by atoms with van der Waals surface area (Å²) < 4.78 is 1.98. The van der Waals surface area contributed by atoms with Crippen LogP contribution in [0.25, 0.3) is 5.52 Å². The number of aldehydes is 1. The molecule has 0 amide bonds. The van der Waals surface area contributed by atoms with Gasteiger partial charge in [0.25, 0.3) is 0 Å². The molecule has 0 bridgehead atoms. The molecular weight excluding hydrogens is 198 g/mol. The predicted molar refractivity (Wildman–Crippen MR) is 66.2 cm³/mol. The molecule has 0 aliphatic heterocycles. The fraction of sp³-hybridized carbons (Fsp3) is 0.357. The van der Waals surface area contributed by atoms with E-state index in [2.05, 4.69) is 33.8 Å². The molecule has 2 nitrogen and oxygen atoms in total. The Kier molecular flexibility index (Phi) is 2.38. The first-order valence-electron chi connectivity index (χ1n) is 5.52. The lowest BCUT2D eigenvalue weighted by molar-refractivity contribution is 0.111. The van der Waals surface area contributed by atoms with Gasteiger partial charge in [0.15, 0.2) is 6.29 Å². The fourth-order valence-corrected chi connectivity index (χ4v) is 2.46. The molecule has 2 heterocycles. The van der Waals surface area contributed by atoms with Crippen LogP contribution in [0.5, 0.6) is 0 Å². The minimum absolute atomic E-state index is 0.00759. The molecule has 0 fully saturated rings. The number of aryl methyl sites for hydroxylation is 1. The van der Waals surface area contributed by atoms with Gasteiger partial charge in [0, 0.05) is 11.7 Å². The van der Waals surface area contributed by atoms with E-state index in [1.165, 1.54) is 5.56 Å². The zero-order valence-corrected chi connectivity index (χ0v) is 10.2. The minimum Gasteiger partial charge on any atom is -0.314 e. The number of pyridine rings is 1. The number of carbonyl (C=O) groups excluding carboxylic acids is 1. The van der Waals surface area contributed by atoms with Crippen molar-refractivity contribution in [2.45, 2.75) is 33.1 Å². The third-order valence-corrected chi connectivity index (χ3v) is 3.00. The van der Waals surface area contributed by atoms with Crippen LogP contribution in [-0.4, -0.2) is 10.7 Å². The summed E-state index contributed by atoms with van der Waals surface area (Å²) in [4.78, 5) is 11.3. The number of aromatic nitrogens is 1. The van der Waals surface area contributed by atoms with Crippen LogP contribution >= 0.6 is 0 Å². The predicted octanol–water partition coefficient (Wildman–Crippen LogP) is 3.36. The summed E-state index contributed by atoms with van der Waals surface area (Å²) in [7, 11) is 0. The Balaban J connectivity index is 2.93. The van der Waals surface area contributed by atoms with E-state index >= 15 is 0 Å². The van der Waals surface area contributed by atoms with Gasteiger partial charge in [0.05, 0.1) is 5.69 Å². The number of nitrogens with zero attached hydrogens (tertiary/aromatic N) is 1. The molecule has 84 valence electrons. The average molecular weight is 215 g/mol. The van der Waals surface area contributed by atoms with Gasteiger partial charge in [-0.25, -0.2) is 0 Å². The zero-order chi connectivity index (χ0) is 11.9. The van der Waals surface area contributed by atoms with E-state index in [1.807, 2.05) is 22.7 Å². The number of rotatable bonds is 1. The second-order valence-corrected chi connectivity index (χ2v) is 5.21. The summed E-state index contributed by atoms with van der Waals surface area (Å²) in [5.41, 5.74) is 4.24. The van der Waals surface area contributed by atoms with E-state index in [-0.39, 0.29) is 5.41 Å². The summed E-state index contributed by atoms with van der Waals surface area (Å²) in [6.45, 7) is 8.51. The van der Waals surface area contributed by atoms with E-state index in [4.69, 9.17) is 0 Å². The van der Waals surface area contributed by atoms with Gasteiger partial charge in [-0.3, -0.25) is 4.79 Å². The molecule has 0 unspecified atom stereocenters. The van der Waals surface area contributed by atoms with Crippen molar-refractivity contribution >= 4 is 11.8 Å². The van der Waals surface area contributed by atoms with Gasteiger partial charge in [0.1, 0.15) is 0 Å². The first kappa shape index (κ1) is 10.9. The lowest BCUT2D eigenvalue weighted by atomic mass is 9.84. The molecule has 0 aliphatic rings. The van der Waals surface area contributed by atoms with Gasteiger partial charge in [-0.15, -0.1) is 0 Å². The van der Waals surface area contributed by atoms with Crippen molar-refractivity contribution in [2.24, 2.45) is 0 Å². The SMILES string of the molecule is Cc1c(C(C)(C)C)c(C=O)n2ccccc12. The molecule has 0 atom stereocenters. The van der Waals surface area contributed by atoms with Gasteiger partial charge in [-0.1, -0.05) is 26.8 Å². The van der Waals surface area contributed by atoms with E-state index in [9.17, 15) is 4.79 Å². The highest BCUT2D eigenvalue weighted by atomic mass is 16.1. The molecule has 2 aromatic heterocycles. The number of fused-ring (bicyclic) bond motifs is 1. The smallest absolute Gasteiger partial charge is 0.167 e. The molecular formula is C14H17NO. The molecule has 0 saturated heterocycles. The van der Waals surface area contributed by atoms with Crippen LogP contribution in [0.1, 0.15) is 42.4 Å². The van der Waals surface area contributed by atoms with Gasteiger partial charge in [0.2, 0.25) is 0 Å². The summed E-state index contributed by atoms with van der Waals surface area (Å²) in [5, 5.41) is 0. The van der Waals surface area contributed by atoms with Crippen LogP contribution in [0.4, 0.5) is 0 Å². The number of carbonyl (C=O) groups is 1. The van der Waals surface area contributed by atoms with Crippen LogP contribution < -0.4 is 0 Å². The van der Waals surface area contributed by atoms with Crippen molar-refractivity contribution in [3.63, 3.8) is 0 Å². The van der Waals surface area contributed by atoms with Gasteiger partial charge >= 0.3 is 0 Å². The van der Waals surface area contributed by atoms with E-state index in [0.29, 0.717) is 0 Å². The number of hydrogen-bond acceptors (Lipinski definition) is 1. The second-order valence-electron chi connectivity index (χ2n) is 5.21. The Morgan fingerprint density at radius 1 is 1.25 bits per heavy atom. The monoisotopic (exact) mass is 215 g/mol. The van der Waals surface area contributed by atoms with Crippen LogP contribution in [0.2, 0.25) is 0 Å². The standard InChI is InChI=1S/C14H17NO/c1-10-11-7-5-6-8-15(11)12(9-16)13(10)14(2,3)4/h5-9H,1-4H3. The third-order valence-electron chi connectivity index (χ3n) is 3.00. The Morgan fingerprint density at radius 3 is 2.50 bits per heavy atom. The maximum Gasteiger partial charge on any atom is 0.167 e. The van der Waals surface area contributed by atoms with E-state index in [0.717, 1.165) is 23.1 Å². The van der Waals surface area contributed by atoms with Crippen molar-refractivity contribution < 1.29 is 4.79 Å². The Labute approximate surface area is 95.9 Å². The van der Waals surface area contributed by atoms with Crippen molar-refractivity contribution in [3.8, 4) is 0 Å². The second kappa shape index (κ2) is 3.48. The minimum atomic E-state index is -0.00759. The van der Waals surface area contributed by atoms with Gasteiger partial charge in [-0.05, 0) is 35.6 Å². The molecule has 0 radical (unpaired) electrons. The quantitative estimate of drug-likeness (QED) is 0.668. The topological polar surface area (TPSA) is 21.5 Å². The van der Waals surface area contributed by atoms with Crippen molar-refractivity contribution in [1.29, 1.82) is 0 Å². The molecule has 2 rings (SSSR count). The largest absolute Gasteiger partial charge is 0.314 e. The highest BCUT2D eigenvalue weighted by Gasteiger charge is 2.24. The first-order chi connectivity index (χ1) is 7.46. The van der Waals surface area contributed by atoms with Crippen LogP contribution in [0, 0.1) is 6.92 Å². The zero-order valence-electron chi connectivity index (χ0n) is 10.2. The van der Waals surface area contributed by atoms with Crippen molar-refractivity contribution in [3.05, 3.63) is 41.2 Å². The molecule has 0 aliphatic carbocycles. The highest BCUT2D eigenvalue weighted by molar-refractivity contribution is 5.82. The molecule has 16 heavy (non-hydrogen) atoms. The molecule has 0 aromatic carbocycles. The number of hydrogen-bond donors (Lipinski definition) is 0. The van der Waals surface area contributed by atoms with Gasteiger partial charge in [-0.2, -0.15) is 0 Å². The molecule has 0 saturated carbocycles. The molecule has 0 N–H and O–H groups in total. The van der Waals surface area contributed by atoms with Crippen molar-refractivity contribution in [1.82, 2.24) is 4.40 Å². The van der Waals surface area contributed by atoms with E-state index in [1.54, 1.807) is 0 Å². The Morgan fingerprint density at radius 2 is 1.94 bits per heavy atom. The third kappa shape index (κ3) is 1.45. The van der Waals surface area contributed by atoms with Crippen molar-refractivity contribution in [2.75, 3.05) is 0 Å². The maximum atomic E-state index is 11.3. The van der Waals surface area contributed by atoms with Crippen LogP contribution in [0.15, 0.2) is 24.4 Å². The van der Waals surface area contributed by atoms with Crippen LogP contribution in [-0.2, 0) is 5.41 Å². The van der Waals surface area contributed by atoms with E-state index < -0.39 is 0 Å². The summed E-state index contributed by atoms with van der Waals surface area (Å²) >= 11 is 0. The maximum absolute atomic E-state index is 11.3. The normalized spacial score (nSPS) is 12.0. The lowest BCUT2D eigenvalue weighted by Crippen LogP contribution is -2.14. The Hall–Kier alpha value is -1.57. The van der Waals surface area contributed by atoms with Gasteiger partial charge < -0.3 is 4.40 Å². The Bertz CT molecular complexity index is 544. The average Bonchev–Trinajstić information content (AvgIpc) is 2.51. The molecule has 2 aromatic rings. The fourth-order valence-electron chi connectivity index (χ4n) is 2.46. The highest BCUT2D eigenvalue weighted by Crippen LogP contribution is 2.32. The summed E-state index contributed by atoms with van der Waals surface area (Å²) in [5.74, 6) is 0. The van der Waals surface area contributed by atoms with Crippen LogP contribution in [0.3, 0.4) is 0 Å². The lowest BCUT2D eigenvalue weighted by Gasteiger charge is -2.19. The molecule has 2 heteroatoms. The first-order valence-corrected chi connectivity index (χ1v) is 5.52. The summed E-state index contributed by atoms with van der Waals surface area (Å²) in [6.07, 6.45) is 2.90. The summed E-state index contributed by atoms with van der Waals surface area (Å²) in [6, 6.07) is 6.01.